The van der Waals surface area contributed by atoms with E-state index in [1.54, 1.807) is 23.1 Å². The fourth-order valence-electron chi connectivity index (χ4n) is 2.15. The van der Waals surface area contributed by atoms with Crippen molar-refractivity contribution in [3.8, 4) is 0 Å². The minimum absolute atomic E-state index is 0.0440. The van der Waals surface area contributed by atoms with Crippen LogP contribution in [0.3, 0.4) is 0 Å². The van der Waals surface area contributed by atoms with Crippen LogP contribution in [0.1, 0.15) is 17.9 Å². The van der Waals surface area contributed by atoms with E-state index in [1.165, 1.54) is 0 Å². The SMILES string of the molecule is Cn1ccc(NC(=O)C2CC2c2cccnc2)n1. The van der Waals surface area contributed by atoms with Gasteiger partial charge in [-0.2, -0.15) is 5.10 Å². The Morgan fingerprint density at radius 1 is 1.50 bits per heavy atom. The quantitative estimate of drug-likeness (QED) is 0.888. The molecular formula is C13H14N4O. The van der Waals surface area contributed by atoms with Crippen LogP contribution in [-0.2, 0) is 11.8 Å². The Kier molecular flexibility index (Phi) is 2.59. The molecule has 0 radical (unpaired) electrons. The van der Waals surface area contributed by atoms with Crippen LogP contribution in [0.25, 0.3) is 0 Å². The van der Waals surface area contributed by atoms with Gasteiger partial charge in [-0.1, -0.05) is 6.07 Å². The lowest BCUT2D eigenvalue weighted by Gasteiger charge is -2.01. The highest BCUT2D eigenvalue weighted by molar-refractivity contribution is 5.94. The molecule has 3 rings (SSSR count). The molecular weight excluding hydrogens is 228 g/mol. The van der Waals surface area contributed by atoms with Gasteiger partial charge in [0.25, 0.3) is 0 Å². The van der Waals surface area contributed by atoms with Crippen molar-refractivity contribution in [2.75, 3.05) is 5.32 Å². The van der Waals surface area contributed by atoms with Crippen molar-refractivity contribution >= 4 is 11.7 Å². The topological polar surface area (TPSA) is 59.8 Å². The molecule has 0 bridgehead atoms. The third-order valence-corrected chi connectivity index (χ3v) is 3.20. The van der Waals surface area contributed by atoms with Gasteiger partial charge in [0.2, 0.25) is 5.91 Å². The second-order valence-electron chi connectivity index (χ2n) is 4.60. The van der Waals surface area contributed by atoms with Crippen LogP contribution in [0, 0.1) is 5.92 Å². The normalized spacial score (nSPS) is 21.6. The first-order chi connectivity index (χ1) is 8.74. The number of rotatable bonds is 3. The Labute approximate surface area is 105 Å². The van der Waals surface area contributed by atoms with Gasteiger partial charge in [0, 0.05) is 37.6 Å². The number of aryl methyl sites for hydroxylation is 1. The minimum atomic E-state index is 0.0440. The number of anilines is 1. The Morgan fingerprint density at radius 3 is 3.06 bits per heavy atom. The van der Waals surface area contributed by atoms with Crippen molar-refractivity contribution in [2.45, 2.75) is 12.3 Å². The molecule has 0 spiro atoms. The maximum absolute atomic E-state index is 12.0. The molecule has 2 atom stereocenters. The lowest BCUT2D eigenvalue weighted by Crippen LogP contribution is -2.15. The summed E-state index contributed by atoms with van der Waals surface area (Å²) in [5, 5.41) is 6.96. The molecule has 2 aromatic rings. The van der Waals surface area contributed by atoms with Crippen molar-refractivity contribution < 1.29 is 4.79 Å². The molecule has 2 unspecified atom stereocenters. The van der Waals surface area contributed by atoms with Crippen molar-refractivity contribution in [2.24, 2.45) is 13.0 Å². The van der Waals surface area contributed by atoms with E-state index in [0.29, 0.717) is 11.7 Å². The predicted octanol–water partition coefficient (Wildman–Crippen LogP) is 1.56. The highest BCUT2D eigenvalue weighted by Gasteiger charge is 2.44. The van der Waals surface area contributed by atoms with Crippen LogP contribution in [-0.4, -0.2) is 20.7 Å². The molecule has 2 heterocycles. The number of nitrogens with one attached hydrogen (secondary N) is 1. The summed E-state index contributed by atoms with van der Waals surface area (Å²) in [6.45, 7) is 0. The molecule has 0 aliphatic heterocycles. The molecule has 1 aliphatic rings. The summed E-state index contributed by atoms with van der Waals surface area (Å²) >= 11 is 0. The number of carbonyl (C=O) groups is 1. The van der Waals surface area contributed by atoms with Gasteiger partial charge in [-0.05, 0) is 24.0 Å². The summed E-state index contributed by atoms with van der Waals surface area (Å²) in [6.07, 6.45) is 6.28. The van der Waals surface area contributed by atoms with E-state index in [2.05, 4.69) is 15.4 Å². The number of nitrogens with zero attached hydrogens (tertiary/aromatic N) is 3. The van der Waals surface area contributed by atoms with Crippen molar-refractivity contribution in [1.29, 1.82) is 0 Å². The van der Waals surface area contributed by atoms with E-state index in [-0.39, 0.29) is 11.8 Å². The zero-order valence-corrected chi connectivity index (χ0v) is 10.1. The smallest absolute Gasteiger partial charge is 0.229 e. The highest BCUT2D eigenvalue weighted by atomic mass is 16.2. The van der Waals surface area contributed by atoms with Crippen LogP contribution in [0.5, 0.6) is 0 Å². The molecule has 1 fully saturated rings. The van der Waals surface area contributed by atoms with Gasteiger partial charge in [0.05, 0.1) is 0 Å². The molecule has 2 aromatic heterocycles. The van der Waals surface area contributed by atoms with Crippen LogP contribution < -0.4 is 5.32 Å². The fraction of sp³-hybridized carbons (Fsp3) is 0.308. The first-order valence-corrected chi connectivity index (χ1v) is 5.94. The van der Waals surface area contributed by atoms with Gasteiger partial charge < -0.3 is 5.32 Å². The van der Waals surface area contributed by atoms with Gasteiger partial charge in [-0.15, -0.1) is 0 Å². The molecule has 5 nitrogen and oxygen atoms in total. The average Bonchev–Trinajstić information content (AvgIpc) is 3.09. The third kappa shape index (κ3) is 2.11. The summed E-state index contributed by atoms with van der Waals surface area (Å²) in [5.74, 6) is 1.01. The lowest BCUT2D eigenvalue weighted by atomic mass is 10.1. The van der Waals surface area contributed by atoms with Gasteiger partial charge >= 0.3 is 0 Å². The fourth-order valence-corrected chi connectivity index (χ4v) is 2.15. The zero-order valence-electron chi connectivity index (χ0n) is 10.1. The zero-order chi connectivity index (χ0) is 12.5. The first-order valence-electron chi connectivity index (χ1n) is 5.94. The van der Waals surface area contributed by atoms with Crippen LogP contribution in [0.4, 0.5) is 5.82 Å². The molecule has 92 valence electrons. The molecule has 5 heteroatoms. The monoisotopic (exact) mass is 242 g/mol. The van der Waals surface area contributed by atoms with E-state index >= 15 is 0 Å². The number of hydrogen-bond donors (Lipinski definition) is 1. The maximum atomic E-state index is 12.0. The summed E-state index contributed by atoms with van der Waals surface area (Å²) in [6, 6.07) is 5.71. The van der Waals surface area contributed by atoms with Crippen LogP contribution >= 0.6 is 0 Å². The Morgan fingerprint density at radius 2 is 2.39 bits per heavy atom. The second-order valence-corrected chi connectivity index (χ2v) is 4.60. The summed E-state index contributed by atoms with van der Waals surface area (Å²) < 4.78 is 1.67. The van der Waals surface area contributed by atoms with E-state index in [1.807, 2.05) is 25.4 Å². The number of aromatic nitrogens is 3. The predicted molar refractivity (Wildman–Crippen MR) is 66.9 cm³/mol. The van der Waals surface area contributed by atoms with Gasteiger partial charge in [-0.25, -0.2) is 0 Å². The van der Waals surface area contributed by atoms with Crippen molar-refractivity contribution in [3.05, 3.63) is 42.4 Å². The molecule has 0 saturated heterocycles. The number of pyridine rings is 1. The van der Waals surface area contributed by atoms with E-state index in [9.17, 15) is 4.79 Å². The highest BCUT2D eigenvalue weighted by Crippen LogP contribution is 2.47. The molecule has 18 heavy (non-hydrogen) atoms. The van der Waals surface area contributed by atoms with Gasteiger partial charge in [0.1, 0.15) is 0 Å². The first kappa shape index (κ1) is 11.0. The summed E-state index contributed by atoms with van der Waals surface area (Å²) in [7, 11) is 1.82. The van der Waals surface area contributed by atoms with Gasteiger partial charge in [0.15, 0.2) is 5.82 Å². The maximum Gasteiger partial charge on any atom is 0.229 e. The molecule has 1 aliphatic carbocycles. The van der Waals surface area contributed by atoms with Crippen LogP contribution in [0.2, 0.25) is 0 Å². The standard InChI is InChI=1S/C13H14N4O/c1-17-6-4-12(16-17)15-13(18)11-7-10(11)9-3-2-5-14-8-9/h2-6,8,10-11H,7H2,1H3,(H,15,16,18). The molecule has 1 N–H and O–H groups in total. The second kappa shape index (κ2) is 4.25. The van der Waals surface area contributed by atoms with Crippen LogP contribution in [0.15, 0.2) is 36.8 Å². The number of carbonyl (C=O) groups excluding carboxylic acids is 1. The van der Waals surface area contributed by atoms with Crippen molar-refractivity contribution in [1.82, 2.24) is 14.8 Å². The lowest BCUT2D eigenvalue weighted by molar-refractivity contribution is -0.117. The van der Waals surface area contributed by atoms with E-state index in [0.717, 1.165) is 12.0 Å². The van der Waals surface area contributed by atoms with E-state index in [4.69, 9.17) is 0 Å². The van der Waals surface area contributed by atoms with Gasteiger partial charge in [-0.3, -0.25) is 14.5 Å². The Hall–Kier alpha value is -2.17. The number of amides is 1. The number of hydrogen-bond acceptors (Lipinski definition) is 3. The summed E-state index contributed by atoms with van der Waals surface area (Å²) in [5.41, 5.74) is 1.14. The molecule has 1 saturated carbocycles. The summed E-state index contributed by atoms with van der Waals surface area (Å²) in [4.78, 5) is 16.1. The minimum Gasteiger partial charge on any atom is -0.309 e. The Balaban J connectivity index is 1.63. The largest absolute Gasteiger partial charge is 0.309 e. The third-order valence-electron chi connectivity index (χ3n) is 3.20. The molecule has 1 amide bonds. The molecule has 0 aromatic carbocycles. The Bertz CT molecular complexity index is 563. The van der Waals surface area contributed by atoms with Crippen molar-refractivity contribution in [3.63, 3.8) is 0 Å². The van der Waals surface area contributed by atoms with E-state index < -0.39 is 0 Å². The average molecular weight is 242 g/mol.